The molecule has 0 radical (unpaired) electrons. The van der Waals surface area contributed by atoms with Crippen molar-refractivity contribution < 1.29 is 14.3 Å². The number of rotatable bonds is 7. The summed E-state index contributed by atoms with van der Waals surface area (Å²) in [6.45, 7) is 2.46. The number of methoxy groups -OCH3 is 2. The Morgan fingerprint density at radius 2 is 1.94 bits per heavy atom. The summed E-state index contributed by atoms with van der Waals surface area (Å²) in [7, 11) is 3.26. The molecule has 0 spiro atoms. The summed E-state index contributed by atoms with van der Waals surface area (Å²) in [6.07, 6.45) is 1.22. The van der Waals surface area contributed by atoms with Gasteiger partial charge in [-0.15, -0.1) is 0 Å². The molecule has 0 aromatic heterocycles. The Kier molecular flexibility index (Phi) is 6.22. The molecule has 1 unspecified atom stereocenters. The van der Waals surface area contributed by atoms with Crippen molar-refractivity contribution >= 4 is 5.91 Å². The van der Waals surface area contributed by atoms with E-state index >= 15 is 0 Å². The molecule has 0 aliphatic heterocycles. The number of carbonyl (C=O) groups is 1. The van der Waals surface area contributed by atoms with Crippen LogP contribution in [0.3, 0.4) is 0 Å². The van der Waals surface area contributed by atoms with Crippen LogP contribution in [0.1, 0.15) is 18.9 Å². The zero-order valence-electron chi connectivity index (χ0n) is 11.2. The first kappa shape index (κ1) is 14.5. The average Bonchev–Trinajstić information content (AvgIpc) is 2.37. The number of amides is 1. The minimum absolute atomic E-state index is 0.0513. The lowest BCUT2D eigenvalue weighted by Gasteiger charge is -2.12. The molecule has 0 aliphatic carbocycles. The van der Waals surface area contributed by atoms with Gasteiger partial charge in [-0.1, -0.05) is 12.1 Å². The smallest absolute Gasteiger partial charge is 0.220 e. The van der Waals surface area contributed by atoms with Gasteiger partial charge in [-0.2, -0.15) is 0 Å². The van der Waals surface area contributed by atoms with Gasteiger partial charge in [0.15, 0.2) is 0 Å². The Balaban J connectivity index is 2.33. The van der Waals surface area contributed by atoms with Gasteiger partial charge in [0.05, 0.1) is 13.7 Å². The molecular weight excluding hydrogens is 230 g/mol. The third-order valence-electron chi connectivity index (χ3n) is 2.62. The van der Waals surface area contributed by atoms with E-state index in [1.54, 1.807) is 14.2 Å². The zero-order chi connectivity index (χ0) is 13.4. The monoisotopic (exact) mass is 251 g/mol. The molecule has 4 nitrogen and oxygen atoms in total. The highest BCUT2D eigenvalue weighted by atomic mass is 16.5. The minimum atomic E-state index is 0.0513. The summed E-state index contributed by atoms with van der Waals surface area (Å²) < 4.78 is 10.0. The van der Waals surface area contributed by atoms with Gasteiger partial charge in [-0.3, -0.25) is 4.79 Å². The first-order valence-corrected chi connectivity index (χ1v) is 6.07. The number of benzene rings is 1. The van der Waals surface area contributed by atoms with Gasteiger partial charge >= 0.3 is 0 Å². The van der Waals surface area contributed by atoms with Gasteiger partial charge in [0.25, 0.3) is 0 Å². The summed E-state index contributed by atoms with van der Waals surface area (Å²) in [5.74, 6) is 0.882. The number of hydrogen-bond acceptors (Lipinski definition) is 3. The Bertz CT molecular complexity index is 362. The highest BCUT2D eigenvalue weighted by Crippen LogP contribution is 2.12. The number of aryl methyl sites for hydroxylation is 1. The highest BCUT2D eigenvalue weighted by Gasteiger charge is 2.07. The van der Waals surface area contributed by atoms with Crippen molar-refractivity contribution in [3.8, 4) is 5.75 Å². The molecule has 0 aliphatic rings. The predicted molar refractivity (Wildman–Crippen MR) is 70.8 cm³/mol. The fourth-order valence-corrected chi connectivity index (χ4v) is 1.69. The van der Waals surface area contributed by atoms with Crippen LogP contribution in [-0.2, 0) is 16.0 Å². The highest BCUT2D eigenvalue weighted by molar-refractivity contribution is 5.76. The number of nitrogens with one attached hydrogen (secondary N) is 1. The molecule has 0 fully saturated rings. The van der Waals surface area contributed by atoms with Crippen molar-refractivity contribution in [1.82, 2.24) is 5.32 Å². The van der Waals surface area contributed by atoms with Crippen molar-refractivity contribution in [3.63, 3.8) is 0 Å². The van der Waals surface area contributed by atoms with Gasteiger partial charge in [-0.05, 0) is 31.0 Å². The van der Waals surface area contributed by atoms with Crippen molar-refractivity contribution in [1.29, 1.82) is 0 Å². The lowest BCUT2D eigenvalue weighted by molar-refractivity contribution is -0.122. The van der Waals surface area contributed by atoms with Crippen molar-refractivity contribution in [3.05, 3.63) is 29.8 Å². The molecule has 0 saturated carbocycles. The predicted octanol–water partition coefficient (Wildman–Crippen LogP) is 1.78. The molecule has 0 heterocycles. The van der Waals surface area contributed by atoms with Crippen molar-refractivity contribution in [2.24, 2.45) is 0 Å². The molecule has 0 saturated heterocycles. The Morgan fingerprint density at radius 1 is 1.28 bits per heavy atom. The molecule has 1 amide bonds. The van der Waals surface area contributed by atoms with Crippen LogP contribution < -0.4 is 10.1 Å². The zero-order valence-corrected chi connectivity index (χ0v) is 11.2. The normalized spacial score (nSPS) is 11.9. The third-order valence-corrected chi connectivity index (χ3v) is 2.62. The van der Waals surface area contributed by atoms with Gasteiger partial charge in [-0.25, -0.2) is 0 Å². The molecule has 4 heteroatoms. The summed E-state index contributed by atoms with van der Waals surface area (Å²) >= 11 is 0. The fourth-order valence-electron chi connectivity index (χ4n) is 1.69. The van der Waals surface area contributed by atoms with E-state index in [1.807, 2.05) is 31.2 Å². The van der Waals surface area contributed by atoms with E-state index < -0.39 is 0 Å². The second-order valence-electron chi connectivity index (χ2n) is 4.27. The maximum Gasteiger partial charge on any atom is 0.220 e. The maximum absolute atomic E-state index is 11.6. The van der Waals surface area contributed by atoms with Gasteiger partial charge in [0.2, 0.25) is 5.91 Å². The lowest BCUT2D eigenvalue weighted by Crippen LogP contribution is -2.35. The van der Waals surface area contributed by atoms with Crippen LogP contribution in [0.15, 0.2) is 24.3 Å². The lowest BCUT2D eigenvalue weighted by atomic mass is 10.1. The maximum atomic E-state index is 11.6. The Morgan fingerprint density at radius 3 is 2.50 bits per heavy atom. The quantitative estimate of drug-likeness (QED) is 0.803. The van der Waals surface area contributed by atoms with Crippen LogP contribution in [0.2, 0.25) is 0 Å². The van der Waals surface area contributed by atoms with E-state index in [1.165, 1.54) is 0 Å². The average molecular weight is 251 g/mol. The van der Waals surface area contributed by atoms with Crippen LogP contribution in [-0.4, -0.2) is 32.8 Å². The first-order valence-electron chi connectivity index (χ1n) is 6.07. The van der Waals surface area contributed by atoms with Gasteiger partial charge < -0.3 is 14.8 Å². The van der Waals surface area contributed by atoms with E-state index in [0.29, 0.717) is 13.0 Å². The van der Waals surface area contributed by atoms with Crippen LogP contribution in [0.25, 0.3) is 0 Å². The van der Waals surface area contributed by atoms with Crippen molar-refractivity contribution in [2.75, 3.05) is 20.8 Å². The van der Waals surface area contributed by atoms with E-state index in [4.69, 9.17) is 9.47 Å². The number of ether oxygens (including phenoxy) is 2. The molecular formula is C14H21NO3. The van der Waals surface area contributed by atoms with E-state index in [-0.39, 0.29) is 11.9 Å². The van der Waals surface area contributed by atoms with Crippen LogP contribution >= 0.6 is 0 Å². The summed E-state index contributed by atoms with van der Waals surface area (Å²) in [4.78, 5) is 11.6. The third kappa shape index (κ3) is 5.19. The van der Waals surface area contributed by atoms with Crippen LogP contribution in [0.4, 0.5) is 0 Å². The second kappa shape index (κ2) is 7.71. The van der Waals surface area contributed by atoms with E-state index in [2.05, 4.69) is 5.32 Å². The summed E-state index contributed by atoms with van der Waals surface area (Å²) in [5, 5.41) is 2.88. The van der Waals surface area contributed by atoms with Gasteiger partial charge in [0.1, 0.15) is 5.75 Å². The number of hydrogen-bond donors (Lipinski definition) is 1. The summed E-state index contributed by atoms with van der Waals surface area (Å²) in [5.41, 5.74) is 1.13. The SMILES string of the molecule is COCC(C)NC(=O)CCc1ccc(OC)cc1. The minimum Gasteiger partial charge on any atom is -0.497 e. The topological polar surface area (TPSA) is 47.6 Å². The Labute approximate surface area is 108 Å². The van der Waals surface area contributed by atoms with Crippen molar-refractivity contribution in [2.45, 2.75) is 25.8 Å². The molecule has 1 aromatic rings. The molecule has 100 valence electrons. The summed E-state index contributed by atoms with van der Waals surface area (Å²) in [6, 6.07) is 7.81. The first-order chi connectivity index (χ1) is 8.65. The molecule has 1 rings (SSSR count). The fraction of sp³-hybridized carbons (Fsp3) is 0.500. The molecule has 1 N–H and O–H groups in total. The molecule has 0 bridgehead atoms. The van der Waals surface area contributed by atoms with E-state index in [0.717, 1.165) is 17.7 Å². The second-order valence-corrected chi connectivity index (χ2v) is 4.27. The van der Waals surface area contributed by atoms with Gasteiger partial charge in [0, 0.05) is 19.6 Å². The van der Waals surface area contributed by atoms with E-state index in [9.17, 15) is 4.79 Å². The largest absolute Gasteiger partial charge is 0.497 e. The molecule has 18 heavy (non-hydrogen) atoms. The number of carbonyl (C=O) groups excluding carboxylic acids is 1. The van der Waals surface area contributed by atoms with Crippen LogP contribution in [0, 0.1) is 0 Å². The molecule has 1 atom stereocenters. The Hall–Kier alpha value is -1.55. The standard InChI is InChI=1S/C14H21NO3/c1-11(10-17-2)15-14(16)9-6-12-4-7-13(18-3)8-5-12/h4-5,7-8,11H,6,9-10H2,1-3H3,(H,15,16). The van der Waals surface area contributed by atoms with Crippen LogP contribution in [0.5, 0.6) is 5.75 Å². The molecule has 1 aromatic carbocycles.